The molecule has 3 nitrogen and oxygen atoms in total. The molecule has 0 aliphatic rings. The summed E-state index contributed by atoms with van der Waals surface area (Å²) in [5.41, 5.74) is -1.05. The van der Waals surface area contributed by atoms with Crippen molar-refractivity contribution in [1.82, 2.24) is 4.57 Å². The van der Waals surface area contributed by atoms with Gasteiger partial charge >= 0.3 is 12.4 Å². The smallest absolute Gasteiger partial charge is 0.292 e. The maximum Gasteiger partial charge on any atom is 0.428 e. The zero-order chi connectivity index (χ0) is 19.7. The molecule has 1 unspecified atom stereocenters. The van der Waals surface area contributed by atoms with Gasteiger partial charge in [-0.2, -0.15) is 31.3 Å². The molecule has 1 heterocycles. The van der Waals surface area contributed by atoms with Crippen molar-refractivity contribution in [2.24, 2.45) is 4.99 Å². The van der Waals surface area contributed by atoms with Gasteiger partial charge in [-0.3, -0.25) is 9.36 Å². The summed E-state index contributed by atoms with van der Waals surface area (Å²) in [4.78, 5) is 14.7. The molecule has 0 bridgehead atoms. The topological polar surface area (TPSA) is 34.4 Å². The van der Waals surface area contributed by atoms with Crippen LogP contribution in [-0.4, -0.2) is 22.8 Å². The molecule has 2 rings (SSSR count). The van der Waals surface area contributed by atoms with Crippen LogP contribution in [0.15, 0.2) is 35.5 Å². The predicted molar refractivity (Wildman–Crippen MR) is 79.5 cm³/mol. The molecule has 0 saturated heterocycles. The Balaban J connectivity index is 2.57. The van der Waals surface area contributed by atoms with E-state index in [-0.39, 0.29) is 10.5 Å². The lowest BCUT2D eigenvalue weighted by Crippen LogP contribution is -2.33. The van der Waals surface area contributed by atoms with Crippen LogP contribution < -0.4 is 4.80 Å². The van der Waals surface area contributed by atoms with Crippen molar-refractivity contribution in [1.29, 1.82) is 0 Å². The quantitative estimate of drug-likeness (QED) is 0.702. The maximum absolute atomic E-state index is 13.1. The SMILES string of the molecule is CCc1cn(-c2cccc(C(F)(F)F)c2)c(=NC(=O)C(F)C(F)(F)F)s1. The van der Waals surface area contributed by atoms with Gasteiger partial charge in [0.25, 0.3) is 12.1 Å². The van der Waals surface area contributed by atoms with E-state index in [1.54, 1.807) is 6.92 Å². The minimum atomic E-state index is -5.41. The Bertz CT molecular complexity index is 864. The second-order valence-electron chi connectivity index (χ2n) is 5.11. The Hall–Kier alpha value is -2.17. The fraction of sp³-hybridized carbons (Fsp3) is 0.333. The highest BCUT2D eigenvalue weighted by atomic mass is 32.1. The summed E-state index contributed by atoms with van der Waals surface area (Å²) in [5, 5.41) is 0. The van der Waals surface area contributed by atoms with Gasteiger partial charge in [0.2, 0.25) is 0 Å². The highest BCUT2D eigenvalue weighted by Crippen LogP contribution is 2.30. The van der Waals surface area contributed by atoms with Gasteiger partial charge in [0.15, 0.2) is 4.80 Å². The van der Waals surface area contributed by atoms with Crippen molar-refractivity contribution in [2.45, 2.75) is 31.9 Å². The molecule has 1 aromatic carbocycles. The lowest BCUT2D eigenvalue weighted by molar-refractivity contribution is -0.185. The van der Waals surface area contributed by atoms with Crippen LogP contribution in [-0.2, 0) is 17.4 Å². The Labute approximate surface area is 146 Å². The van der Waals surface area contributed by atoms with Crippen molar-refractivity contribution in [3.63, 3.8) is 0 Å². The Morgan fingerprint density at radius 2 is 1.88 bits per heavy atom. The highest BCUT2D eigenvalue weighted by Gasteiger charge is 2.45. The number of carbonyl (C=O) groups is 1. The molecule has 0 N–H and O–H groups in total. The van der Waals surface area contributed by atoms with E-state index >= 15 is 0 Å². The van der Waals surface area contributed by atoms with Crippen LogP contribution in [0.5, 0.6) is 0 Å². The summed E-state index contributed by atoms with van der Waals surface area (Å²) >= 11 is 0.784. The molecule has 1 aromatic heterocycles. The molecule has 1 atom stereocenters. The van der Waals surface area contributed by atoms with E-state index in [0.717, 1.165) is 34.1 Å². The number of hydrogen-bond acceptors (Lipinski definition) is 2. The molecule has 0 radical (unpaired) electrons. The van der Waals surface area contributed by atoms with Gasteiger partial charge in [0.1, 0.15) is 0 Å². The first-order chi connectivity index (χ1) is 11.9. The van der Waals surface area contributed by atoms with Gasteiger partial charge in [-0.05, 0) is 24.6 Å². The third-order valence-electron chi connectivity index (χ3n) is 3.21. The van der Waals surface area contributed by atoms with E-state index in [1.807, 2.05) is 0 Å². The van der Waals surface area contributed by atoms with Gasteiger partial charge in [-0.25, -0.2) is 4.39 Å². The van der Waals surface area contributed by atoms with Crippen LogP contribution in [0.2, 0.25) is 0 Å². The zero-order valence-corrected chi connectivity index (χ0v) is 13.8. The standard InChI is InChI=1S/C15H11F7N2OS/c1-2-10-7-24(9-5-3-4-8(6-9)14(17,18)19)13(26-10)23-12(25)11(16)15(20,21)22/h3-7,11H,2H2,1H3. The largest absolute Gasteiger partial charge is 0.428 e. The molecular formula is C15H11F7N2OS. The van der Waals surface area contributed by atoms with E-state index < -0.39 is 30.0 Å². The fourth-order valence-electron chi connectivity index (χ4n) is 1.94. The summed E-state index contributed by atoms with van der Waals surface area (Å²) in [6.45, 7) is 1.70. The van der Waals surface area contributed by atoms with Crippen LogP contribution >= 0.6 is 11.3 Å². The van der Waals surface area contributed by atoms with Crippen LogP contribution in [0.3, 0.4) is 0 Å². The molecule has 0 spiro atoms. The Morgan fingerprint density at radius 3 is 2.42 bits per heavy atom. The number of aromatic nitrogens is 1. The average molecular weight is 400 g/mol. The van der Waals surface area contributed by atoms with E-state index in [4.69, 9.17) is 0 Å². The molecule has 26 heavy (non-hydrogen) atoms. The van der Waals surface area contributed by atoms with Crippen LogP contribution in [0.25, 0.3) is 5.69 Å². The number of hydrogen-bond donors (Lipinski definition) is 0. The van der Waals surface area contributed by atoms with Gasteiger partial charge in [-0.1, -0.05) is 13.0 Å². The van der Waals surface area contributed by atoms with E-state index in [2.05, 4.69) is 4.99 Å². The van der Waals surface area contributed by atoms with Gasteiger partial charge in [0.05, 0.1) is 5.56 Å². The van der Waals surface area contributed by atoms with Crippen molar-refractivity contribution >= 4 is 17.2 Å². The van der Waals surface area contributed by atoms with Gasteiger partial charge in [-0.15, -0.1) is 11.3 Å². The number of benzene rings is 1. The molecule has 11 heteroatoms. The predicted octanol–water partition coefficient (Wildman–Crippen LogP) is 4.45. The first-order valence-electron chi connectivity index (χ1n) is 7.12. The summed E-state index contributed by atoms with van der Waals surface area (Å²) in [7, 11) is 0. The van der Waals surface area contributed by atoms with Crippen molar-refractivity contribution < 1.29 is 35.5 Å². The number of halogens is 7. The number of rotatable bonds is 3. The lowest BCUT2D eigenvalue weighted by Gasteiger charge is -2.10. The second-order valence-corrected chi connectivity index (χ2v) is 6.20. The van der Waals surface area contributed by atoms with Crippen LogP contribution in [0.4, 0.5) is 30.7 Å². The number of aryl methyl sites for hydroxylation is 1. The van der Waals surface area contributed by atoms with E-state index in [1.165, 1.54) is 12.3 Å². The maximum atomic E-state index is 13.1. The number of alkyl halides is 7. The molecule has 0 aliphatic heterocycles. The fourth-order valence-corrected chi connectivity index (χ4v) is 2.87. The second kappa shape index (κ2) is 7.22. The normalized spacial score (nSPS) is 14.5. The third kappa shape index (κ3) is 4.51. The van der Waals surface area contributed by atoms with E-state index in [0.29, 0.717) is 11.3 Å². The zero-order valence-electron chi connectivity index (χ0n) is 13.0. The molecular weight excluding hydrogens is 389 g/mol. The van der Waals surface area contributed by atoms with Crippen LogP contribution in [0, 0.1) is 0 Å². The lowest BCUT2D eigenvalue weighted by atomic mass is 10.2. The molecule has 0 saturated carbocycles. The first-order valence-corrected chi connectivity index (χ1v) is 7.93. The molecule has 2 aromatic rings. The minimum absolute atomic E-state index is 0.0651. The van der Waals surface area contributed by atoms with Crippen molar-refractivity contribution in [3.05, 3.63) is 45.7 Å². The van der Waals surface area contributed by atoms with Crippen molar-refractivity contribution in [3.8, 4) is 5.69 Å². The van der Waals surface area contributed by atoms with E-state index in [9.17, 15) is 35.5 Å². The number of nitrogens with zero attached hydrogens (tertiary/aromatic N) is 2. The summed E-state index contributed by atoms with van der Waals surface area (Å²) in [5.74, 6) is -2.07. The van der Waals surface area contributed by atoms with Gasteiger partial charge < -0.3 is 0 Å². The summed E-state index contributed by atoms with van der Waals surface area (Å²) < 4.78 is 89.6. The minimum Gasteiger partial charge on any atom is -0.292 e. The number of carbonyl (C=O) groups excluding carboxylic acids is 1. The monoisotopic (exact) mass is 400 g/mol. The summed E-state index contributed by atoms with van der Waals surface area (Å²) in [6.07, 6.45) is -12.1. The molecule has 1 amide bonds. The molecule has 142 valence electrons. The summed E-state index contributed by atoms with van der Waals surface area (Å²) in [6, 6.07) is 3.95. The average Bonchev–Trinajstić information content (AvgIpc) is 2.95. The van der Waals surface area contributed by atoms with Gasteiger partial charge in [0, 0.05) is 16.8 Å². The van der Waals surface area contributed by atoms with Crippen LogP contribution in [0.1, 0.15) is 17.4 Å². The third-order valence-corrected chi connectivity index (χ3v) is 4.34. The number of amides is 1. The molecule has 0 fully saturated rings. The Kier molecular flexibility index (Phi) is 5.59. The first kappa shape index (κ1) is 20.1. The Morgan fingerprint density at radius 1 is 1.23 bits per heavy atom. The highest BCUT2D eigenvalue weighted by molar-refractivity contribution is 7.09. The molecule has 0 aliphatic carbocycles. The number of thiazole rings is 1. The van der Waals surface area contributed by atoms with Crippen molar-refractivity contribution in [2.75, 3.05) is 0 Å².